The average molecular weight is 686 g/mol. The van der Waals surface area contributed by atoms with E-state index in [9.17, 15) is 9.59 Å². The molecule has 0 unspecified atom stereocenters. The highest BCUT2D eigenvalue weighted by Gasteiger charge is 2.01. The van der Waals surface area contributed by atoms with Crippen LogP contribution in [0.25, 0.3) is 10.4 Å². The van der Waals surface area contributed by atoms with E-state index in [0.717, 1.165) is 0 Å². The molecule has 0 rings (SSSR count). The number of rotatable bonds is 39. The highest BCUT2D eigenvalue weighted by atomic mass is 16.6. The molecule has 0 spiro atoms. The lowest BCUT2D eigenvalue weighted by atomic mass is 10.4. The first-order valence-corrected chi connectivity index (χ1v) is 15.8. The van der Waals surface area contributed by atoms with Crippen LogP contribution in [-0.2, 0) is 56.9 Å². The van der Waals surface area contributed by atoms with Crippen molar-refractivity contribution in [2.45, 2.75) is 6.42 Å². The monoisotopic (exact) mass is 685 g/mol. The number of ether oxygens (including phenoxy) is 11. The minimum Gasteiger partial charge on any atom is -0.465 e. The topological polar surface area (TPSA) is 229 Å². The predicted octanol–water partition coefficient (Wildman–Crippen LogP) is 0.253. The van der Waals surface area contributed by atoms with E-state index in [-0.39, 0.29) is 18.9 Å². The van der Waals surface area contributed by atoms with Gasteiger partial charge >= 0.3 is 6.09 Å². The molecule has 0 aliphatic carbocycles. The third-order valence-corrected chi connectivity index (χ3v) is 5.31. The number of carbonyl (C=O) groups excluding carboxylic acids is 1. The lowest BCUT2D eigenvalue weighted by Gasteiger charge is -2.09. The molecule has 0 aromatic heterocycles. The number of amides is 2. The third-order valence-electron chi connectivity index (χ3n) is 5.31. The zero-order chi connectivity index (χ0) is 34.1. The van der Waals surface area contributed by atoms with Crippen LogP contribution in [0.5, 0.6) is 0 Å². The maximum absolute atomic E-state index is 11.8. The number of azide groups is 1. The van der Waals surface area contributed by atoms with E-state index >= 15 is 0 Å². The first kappa shape index (κ1) is 44.6. The molecule has 47 heavy (non-hydrogen) atoms. The Morgan fingerprint density at radius 2 is 0.766 bits per heavy atom. The third kappa shape index (κ3) is 41.6. The van der Waals surface area contributed by atoms with Crippen molar-refractivity contribution in [3.8, 4) is 0 Å². The SMILES string of the molecule is [N-]=[N+]=NCCOCCOCCOCCOCCOCCOCCC(=O)NCCOCCOCCOCCOCCOCCNC(=O)O. The van der Waals surface area contributed by atoms with Gasteiger partial charge in [-0.05, 0) is 5.53 Å². The molecule has 0 fully saturated rings. The second-order valence-electron chi connectivity index (χ2n) is 9.02. The van der Waals surface area contributed by atoms with Crippen molar-refractivity contribution in [2.75, 3.05) is 165 Å². The molecule has 19 nitrogen and oxygen atoms in total. The van der Waals surface area contributed by atoms with Crippen molar-refractivity contribution in [1.29, 1.82) is 0 Å². The first-order valence-electron chi connectivity index (χ1n) is 15.8. The Labute approximate surface area is 276 Å². The molecule has 0 bridgehead atoms. The zero-order valence-corrected chi connectivity index (χ0v) is 27.5. The van der Waals surface area contributed by atoms with E-state index in [1.807, 2.05) is 0 Å². The second kappa shape index (κ2) is 39.8. The maximum Gasteiger partial charge on any atom is 0.404 e. The quantitative estimate of drug-likeness (QED) is 0.0341. The molecule has 0 heterocycles. The molecular formula is C28H55N5O14. The molecule has 0 radical (unpaired) electrons. The van der Waals surface area contributed by atoms with E-state index in [1.54, 1.807) is 0 Å². The number of nitrogens with one attached hydrogen (secondary N) is 2. The predicted molar refractivity (Wildman–Crippen MR) is 167 cm³/mol. The van der Waals surface area contributed by atoms with E-state index in [2.05, 4.69) is 20.7 Å². The fraction of sp³-hybridized carbons (Fsp3) is 0.929. The summed E-state index contributed by atoms with van der Waals surface area (Å²) in [6, 6.07) is 0. The fourth-order valence-electron chi connectivity index (χ4n) is 3.08. The van der Waals surface area contributed by atoms with Crippen molar-refractivity contribution in [1.82, 2.24) is 10.6 Å². The summed E-state index contributed by atoms with van der Waals surface area (Å²) in [5.41, 5.74) is 8.13. The summed E-state index contributed by atoms with van der Waals surface area (Å²) in [7, 11) is 0. The standard InChI is InChI=1S/C28H55N5O14/c29-33-32-4-8-40-12-16-44-20-24-47-26-25-45-21-17-41-13-9-37-5-1-27(34)30-2-6-38-10-14-42-18-22-46-23-19-43-15-11-39-7-3-31-28(35)36/h31H,1-26H2,(H,30,34)(H,35,36). The largest absolute Gasteiger partial charge is 0.465 e. The summed E-state index contributed by atoms with van der Waals surface area (Å²) in [6.07, 6.45) is -0.813. The highest BCUT2D eigenvalue weighted by Crippen LogP contribution is 1.88. The molecule has 0 aliphatic rings. The molecule has 3 N–H and O–H groups in total. The van der Waals surface area contributed by atoms with Crippen LogP contribution in [0.15, 0.2) is 5.11 Å². The van der Waals surface area contributed by atoms with E-state index in [0.29, 0.717) is 158 Å². The number of carboxylic acid groups (broad SMARTS) is 1. The molecule has 19 heteroatoms. The number of nitrogens with zero attached hydrogens (tertiary/aromatic N) is 3. The molecule has 276 valence electrons. The summed E-state index contributed by atoms with van der Waals surface area (Å²) in [4.78, 5) is 24.7. The van der Waals surface area contributed by atoms with Gasteiger partial charge in [-0.3, -0.25) is 4.79 Å². The van der Waals surface area contributed by atoms with Crippen molar-refractivity contribution in [2.24, 2.45) is 5.11 Å². The van der Waals surface area contributed by atoms with E-state index in [1.165, 1.54) is 0 Å². The van der Waals surface area contributed by atoms with Crippen LogP contribution in [0.2, 0.25) is 0 Å². The van der Waals surface area contributed by atoms with Gasteiger partial charge in [0.2, 0.25) is 5.91 Å². The first-order chi connectivity index (χ1) is 23.2. The molecule has 0 aromatic carbocycles. The number of hydrogen-bond donors (Lipinski definition) is 3. The van der Waals surface area contributed by atoms with Gasteiger partial charge in [-0.2, -0.15) is 0 Å². The zero-order valence-electron chi connectivity index (χ0n) is 27.5. The summed E-state index contributed by atoms with van der Waals surface area (Å²) in [6.45, 7) is 10.2. The molecule has 0 atom stereocenters. The number of hydrogen-bond acceptors (Lipinski definition) is 14. The summed E-state index contributed by atoms with van der Waals surface area (Å²) < 4.78 is 59.0. The Morgan fingerprint density at radius 3 is 1.11 bits per heavy atom. The van der Waals surface area contributed by atoms with Gasteiger partial charge in [0.05, 0.1) is 145 Å². The molecule has 0 aromatic rings. The van der Waals surface area contributed by atoms with Gasteiger partial charge in [0.15, 0.2) is 0 Å². The van der Waals surface area contributed by atoms with Crippen LogP contribution in [0.1, 0.15) is 6.42 Å². The summed E-state index contributed by atoms with van der Waals surface area (Å²) in [5, 5.41) is 16.7. The fourth-order valence-corrected chi connectivity index (χ4v) is 3.08. The maximum atomic E-state index is 11.8. The van der Waals surface area contributed by atoms with Gasteiger partial charge in [0.25, 0.3) is 0 Å². The van der Waals surface area contributed by atoms with Crippen LogP contribution in [0.4, 0.5) is 4.79 Å². The summed E-state index contributed by atoms with van der Waals surface area (Å²) >= 11 is 0. The van der Waals surface area contributed by atoms with Gasteiger partial charge < -0.3 is 67.8 Å². The molecule has 0 saturated heterocycles. The lowest BCUT2D eigenvalue weighted by molar-refractivity contribution is -0.122. The van der Waals surface area contributed by atoms with Crippen LogP contribution in [0, 0.1) is 0 Å². The van der Waals surface area contributed by atoms with Gasteiger partial charge in [-0.15, -0.1) is 0 Å². The summed E-state index contributed by atoms with van der Waals surface area (Å²) in [5.74, 6) is -0.109. The van der Waals surface area contributed by atoms with Crippen LogP contribution in [-0.4, -0.2) is 182 Å². The van der Waals surface area contributed by atoms with Crippen molar-refractivity contribution < 1.29 is 66.8 Å². The number of carbonyl (C=O) groups is 2. The minimum absolute atomic E-state index is 0.109. The van der Waals surface area contributed by atoms with Crippen molar-refractivity contribution in [3.63, 3.8) is 0 Å². The molecule has 0 saturated carbocycles. The molecule has 0 aliphatic heterocycles. The lowest BCUT2D eigenvalue weighted by Crippen LogP contribution is -2.28. The Kier molecular flexibility index (Phi) is 37.8. The Bertz CT molecular complexity index is 738. The van der Waals surface area contributed by atoms with E-state index in [4.69, 9.17) is 62.7 Å². The average Bonchev–Trinajstić information content (AvgIpc) is 3.06. The van der Waals surface area contributed by atoms with Gasteiger partial charge in [-0.1, -0.05) is 5.11 Å². The van der Waals surface area contributed by atoms with E-state index < -0.39 is 6.09 Å². The van der Waals surface area contributed by atoms with Crippen LogP contribution >= 0.6 is 0 Å². The molecule has 2 amide bonds. The Hall–Kier alpha value is -2.39. The Balaban J connectivity index is 3.16. The Morgan fingerprint density at radius 1 is 0.468 bits per heavy atom. The minimum atomic E-state index is -1.07. The van der Waals surface area contributed by atoms with Crippen LogP contribution < -0.4 is 10.6 Å². The van der Waals surface area contributed by atoms with Crippen molar-refractivity contribution >= 4 is 12.0 Å². The van der Waals surface area contributed by atoms with Gasteiger partial charge in [0.1, 0.15) is 0 Å². The highest BCUT2D eigenvalue weighted by molar-refractivity contribution is 5.75. The van der Waals surface area contributed by atoms with Gasteiger partial charge in [0, 0.05) is 31.0 Å². The van der Waals surface area contributed by atoms with Gasteiger partial charge in [-0.25, -0.2) is 4.79 Å². The van der Waals surface area contributed by atoms with Crippen molar-refractivity contribution in [3.05, 3.63) is 10.4 Å². The second-order valence-corrected chi connectivity index (χ2v) is 9.02. The normalized spacial score (nSPS) is 11.0. The smallest absolute Gasteiger partial charge is 0.404 e. The molecular weight excluding hydrogens is 630 g/mol. The van der Waals surface area contributed by atoms with Crippen LogP contribution in [0.3, 0.4) is 0 Å².